The molecule has 2 rings (SSSR count). The minimum absolute atomic E-state index is 0.0494. The van der Waals surface area contributed by atoms with Crippen LogP contribution in [0.2, 0.25) is 0 Å². The minimum atomic E-state index is -0.0494. The molecule has 1 N–H and O–H groups in total. The van der Waals surface area contributed by atoms with Crippen molar-refractivity contribution in [3.8, 4) is 12.3 Å². The quantitative estimate of drug-likeness (QED) is 0.801. The average Bonchev–Trinajstić information content (AvgIpc) is 2.82. The molecule has 17 heavy (non-hydrogen) atoms. The molecule has 4 heteroatoms. The van der Waals surface area contributed by atoms with Crippen molar-refractivity contribution in [2.45, 2.75) is 25.8 Å². The third-order valence-electron chi connectivity index (χ3n) is 3.08. The van der Waals surface area contributed by atoms with Crippen LogP contribution in [0.4, 0.5) is 4.79 Å². The maximum Gasteiger partial charge on any atom is 0.318 e. The van der Waals surface area contributed by atoms with Crippen LogP contribution >= 0.6 is 11.3 Å². The van der Waals surface area contributed by atoms with E-state index in [1.807, 2.05) is 4.90 Å². The Morgan fingerprint density at radius 1 is 1.76 bits per heavy atom. The Morgan fingerprint density at radius 2 is 2.59 bits per heavy atom. The van der Waals surface area contributed by atoms with Gasteiger partial charge >= 0.3 is 6.03 Å². The number of rotatable bonds is 2. The van der Waals surface area contributed by atoms with E-state index in [1.165, 1.54) is 10.4 Å². The van der Waals surface area contributed by atoms with E-state index < -0.39 is 0 Å². The summed E-state index contributed by atoms with van der Waals surface area (Å²) in [6, 6.07) is 2.28. The van der Waals surface area contributed by atoms with Crippen LogP contribution in [0.3, 0.4) is 0 Å². The highest BCUT2D eigenvalue weighted by atomic mass is 32.1. The van der Waals surface area contributed by atoms with Crippen LogP contribution in [0.25, 0.3) is 0 Å². The lowest BCUT2D eigenvalue weighted by atomic mass is 9.98. The Hall–Kier alpha value is -1.47. The molecule has 0 fully saturated rings. The van der Waals surface area contributed by atoms with Crippen LogP contribution in [0.15, 0.2) is 11.4 Å². The standard InChI is InChI=1S/C13H16N2OS/c1-3-7-14-13(16)15-8-5-12-10(6-9-17-12)11(15)4-2/h1,6,9,11H,4-5,7-8H2,2H3,(H,14,16)/t11-/m1/s1. The lowest BCUT2D eigenvalue weighted by Gasteiger charge is -2.35. The molecular weight excluding hydrogens is 232 g/mol. The topological polar surface area (TPSA) is 32.3 Å². The molecular formula is C13H16N2OS. The number of amides is 2. The molecule has 0 unspecified atom stereocenters. The second-order valence-corrected chi connectivity index (χ2v) is 5.03. The van der Waals surface area contributed by atoms with E-state index in [-0.39, 0.29) is 12.1 Å². The number of thiophene rings is 1. The van der Waals surface area contributed by atoms with E-state index in [4.69, 9.17) is 6.42 Å². The predicted molar refractivity (Wildman–Crippen MR) is 70.0 cm³/mol. The van der Waals surface area contributed by atoms with Crippen LogP contribution in [0.5, 0.6) is 0 Å². The molecule has 1 aliphatic rings. The van der Waals surface area contributed by atoms with Crippen molar-refractivity contribution in [3.05, 3.63) is 21.9 Å². The first-order valence-corrected chi connectivity index (χ1v) is 6.70. The maximum atomic E-state index is 12.0. The second-order valence-electron chi connectivity index (χ2n) is 4.03. The van der Waals surface area contributed by atoms with Gasteiger partial charge in [0.05, 0.1) is 12.6 Å². The van der Waals surface area contributed by atoms with Crippen molar-refractivity contribution in [1.82, 2.24) is 10.2 Å². The summed E-state index contributed by atoms with van der Waals surface area (Å²) in [5.41, 5.74) is 1.31. The van der Waals surface area contributed by atoms with E-state index in [1.54, 1.807) is 11.3 Å². The van der Waals surface area contributed by atoms with Crippen LogP contribution in [0, 0.1) is 12.3 Å². The van der Waals surface area contributed by atoms with Gasteiger partial charge in [-0.1, -0.05) is 12.8 Å². The molecule has 0 aromatic carbocycles. The number of nitrogens with zero attached hydrogens (tertiary/aromatic N) is 1. The molecule has 0 bridgehead atoms. The van der Waals surface area contributed by atoms with Crippen LogP contribution in [-0.2, 0) is 6.42 Å². The molecule has 2 amide bonds. The molecule has 1 aromatic rings. The van der Waals surface area contributed by atoms with Gasteiger partial charge in [0.1, 0.15) is 0 Å². The highest BCUT2D eigenvalue weighted by molar-refractivity contribution is 7.10. The van der Waals surface area contributed by atoms with Gasteiger partial charge in [-0.05, 0) is 29.9 Å². The number of fused-ring (bicyclic) bond motifs is 1. The zero-order chi connectivity index (χ0) is 12.3. The van der Waals surface area contributed by atoms with Gasteiger partial charge in [-0.15, -0.1) is 17.8 Å². The van der Waals surface area contributed by atoms with E-state index in [0.717, 1.165) is 19.4 Å². The van der Waals surface area contributed by atoms with Crippen molar-refractivity contribution < 1.29 is 4.79 Å². The van der Waals surface area contributed by atoms with Gasteiger partial charge in [0.2, 0.25) is 0 Å². The predicted octanol–water partition coefficient (Wildman–Crippen LogP) is 2.40. The summed E-state index contributed by atoms with van der Waals surface area (Å²) in [6.45, 7) is 3.18. The Bertz CT molecular complexity index is 447. The summed E-state index contributed by atoms with van der Waals surface area (Å²) in [5, 5.41) is 4.85. The number of terminal acetylenes is 1. The van der Waals surface area contributed by atoms with Crippen molar-refractivity contribution in [1.29, 1.82) is 0 Å². The second kappa shape index (κ2) is 5.24. The lowest BCUT2D eigenvalue weighted by Crippen LogP contribution is -2.45. The zero-order valence-corrected chi connectivity index (χ0v) is 10.7. The van der Waals surface area contributed by atoms with Gasteiger partial charge < -0.3 is 10.2 Å². The molecule has 3 nitrogen and oxygen atoms in total. The zero-order valence-electron chi connectivity index (χ0n) is 9.90. The molecule has 1 aliphatic heterocycles. The smallest absolute Gasteiger partial charge is 0.318 e. The van der Waals surface area contributed by atoms with Gasteiger partial charge in [-0.25, -0.2) is 4.79 Å². The van der Waals surface area contributed by atoms with Crippen LogP contribution in [-0.4, -0.2) is 24.0 Å². The summed E-state index contributed by atoms with van der Waals surface area (Å²) >= 11 is 1.79. The number of urea groups is 1. The van der Waals surface area contributed by atoms with E-state index in [0.29, 0.717) is 6.54 Å². The Kier molecular flexibility index (Phi) is 3.70. The Balaban J connectivity index is 2.15. The summed E-state index contributed by atoms with van der Waals surface area (Å²) in [4.78, 5) is 15.3. The van der Waals surface area contributed by atoms with E-state index in [9.17, 15) is 4.79 Å². The molecule has 2 heterocycles. The normalized spacial score (nSPS) is 18.4. The number of nitrogens with one attached hydrogen (secondary N) is 1. The molecule has 90 valence electrons. The largest absolute Gasteiger partial charge is 0.327 e. The summed E-state index contributed by atoms with van der Waals surface area (Å²) in [5.74, 6) is 2.43. The van der Waals surface area contributed by atoms with E-state index in [2.05, 4.69) is 29.6 Å². The molecule has 0 spiro atoms. The SMILES string of the molecule is C#CCNC(=O)N1CCc2sccc2[C@H]1CC. The minimum Gasteiger partial charge on any atom is -0.327 e. The molecule has 1 atom stereocenters. The molecule has 1 aromatic heterocycles. The fourth-order valence-electron chi connectivity index (χ4n) is 2.31. The number of carbonyl (C=O) groups is 1. The number of hydrogen-bond donors (Lipinski definition) is 1. The molecule has 0 saturated heterocycles. The lowest BCUT2D eigenvalue weighted by molar-refractivity contribution is 0.169. The summed E-state index contributed by atoms with van der Waals surface area (Å²) < 4.78 is 0. The number of hydrogen-bond acceptors (Lipinski definition) is 2. The monoisotopic (exact) mass is 248 g/mol. The van der Waals surface area contributed by atoms with Crippen molar-refractivity contribution in [3.63, 3.8) is 0 Å². The van der Waals surface area contributed by atoms with Crippen molar-refractivity contribution in [2.24, 2.45) is 0 Å². The first kappa shape index (κ1) is 12.0. The number of carbonyl (C=O) groups excluding carboxylic acids is 1. The van der Waals surface area contributed by atoms with Gasteiger partial charge in [0.25, 0.3) is 0 Å². The average molecular weight is 248 g/mol. The van der Waals surface area contributed by atoms with Gasteiger partial charge in [-0.3, -0.25) is 0 Å². The Morgan fingerprint density at radius 3 is 3.29 bits per heavy atom. The Labute approximate surface area is 106 Å². The summed E-state index contributed by atoms with van der Waals surface area (Å²) in [6.07, 6.45) is 7.04. The highest BCUT2D eigenvalue weighted by Crippen LogP contribution is 2.34. The van der Waals surface area contributed by atoms with Gasteiger partial charge in [0, 0.05) is 11.4 Å². The third kappa shape index (κ3) is 2.29. The fourth-order valence-corrected chi connectivity index (χ4v) is 3.24. The van der Waals surface area contributed by atoms with Crippen LogP contribution < -0.4 is 5.32 Å². The maximum absolute atomic E-state index is 12.0. The van der Waals surface area contributed by atoms with Gasteiger partial charge in [0.15, 0.2) is 0 Å². The fraction of sp³-hybridized carbons (Fsp3) is 0.462. The van der Waals surface area contributed by atoms with Crippen molar-refractivity contribution in [2.75, 3.05) is 13.1 Å². The first-order chi connectivity index (χ1) is 8.27. The summed E-state index contributed by atoms with van der Waals surface area (Å²) in [7, 11) is 0. The van der Waals surface area contributed by atoms with E-state index >= 15 is 0 Å². The third-order valence-corrected chi connectivity index (χ3v) is 4.08. The molecule has 0 saturated carbocycles. The van der Waals surface area contributed by atoms with Crippen LogP contribution in [0.1, 0.15) is 29.8 Å². The van der Waals surface area contributed by atoms with Gasteiger partial charge in [-0.2, -0.15) is 0 Å². The molecule has 0 radical (unpaired) electrons. The highest BCUT2D eigenvalue weighted by Gasteiger charge is 2.29. The first-order valence-electron chi connectivity index (χ1n) is 5.82. The molecule has 0 aliphatic carbocycles. The van der Waals surface area contributed by atoms with Crippen molar-refractivity contribution >= 4 is 17.4 Å².